The topological polar surface area (TPSA) is 57.7 Å². The molecule has 1 aliphatic rings. The second kappa shape index (κ2) is 5.75. The van der Waals surface area contributed by atoms with Gasteiger partial charge in [0.2, 0.25) is 11.8 Å². The Morgan fingerprint density at radius 1 is 1.25 bits per heavy atom. The van der Waals surface area contributed by atoms with Gasteiger partial charge in [-0.05, 0) is 30.7 Å². The molecule has 1 aliphatic heterocycles. The average Bonchev–Trinajstić information content (AvgIpc) is 2.79. The van der Waals surface area contributed by atoms with Crippen LogP contribution in [0.5, 0.6) is 0 Å². The van der Waals surface area contributed by atoms with E-state index in [2.05, 4.69) is 15.9 Å². The lowest BCUT2D eigenvalue weighted by Crippen LogP contribution is -2.47. The number of hydrogen-bond donors (Lipinski definition) is 0. The minimum absolute atomic E-state index is 0.221. The van der Waals surface area contributed by atoms with Crippen LogP contribution in [0.3, 0.4) is 0 Å². The molecule has 106 valence electrons. The van der Waals surface area contributed by atoms with Crippen LogP contribution in [0.25, 0.3) is 0 Å². The van der Waals surface area contributed by atoms with Gasteiger partial charge < -0.3 is 4.90 Å². The Morgan fingerprint density at radius 3 is 2.40 bits per heavy atom. The monoisotopic (exact) mass is 338 g/mol. The lowest BCUT2D eigenvalue weighted by atomic mass is 10.1. The van der Waals surface area contributed by atoms with Gasteiger partial charge in [-0.25, -0.2) is 0 Å². The SMILES string of the molecule is CN(C)C(=O)[C@@H]1CCC(=O)N1C(=O)c1ccc(Br)cc1. The zero-order chi connectivity index (χ0) is 14.9. The van der Waals surface area contributed by atoms with E-state index in [4.69, 9.17) is 0 Å². The van der Waals surface area contributed by atoms with E-state index >= 15 is 0 Å². The molecule has 0 aliphatic carbocycles. The number of nitrogens with zero attached hydrogens (tertiary/aromatic N) is 2. The molecule has 0 bridgehead atoms. The van der Waals surface area contributed by atoms with Crippen LogP contribution in [-0.4, -0.2) is 47.7 Å². The number of carbonyl (C=O) groups excluding carboxylic acids is 3. The molecule has 1 fully saturated rings. The highest BCUT2D eigenvalue weighted by molar-refractivity contribution is 9.10. The Labute approximate surface area is 125 Å². The molecule has 1 atom stereocenters. The first-order chi connectivity index (χ1) is 9.41. The maximum atomic E-state index is 12.4. The molecule has 0 N–H and O–H groups in total. The van der Waals surface area contributed by atoms with Crippen LogP contribution >= 0.6 is 15.9 Å². The summed E-state index contributed by atoms with van der Waals surface area (Å²) in [6, 6.07) is 6.05. The number of hydrogen-bond acceptors (Lipinski definition) is 3. The Hall–Kier alpha value is -1.69. The largest absolute Gasteiger partial charge is 0.347 e. The number of imide groups is 1. The van der Waals surface area contributed by atoms with E-state index in [1.54, 1.807) is 38.4 Å². The summed E-state index contributed by atoms with van der Waals surface area (Å²) in [5, 5.41) is 0. The maximum absolute atomic E-state index is 12.4. The summed E-state index contributed by atoms with van der Waals surface area (Å²) in [5.41, 5.74) is 0.403. The Kier molecular flexibility index (Phi) is 4.23. The van der Waals surface area contributed by atoms with Crippen molar-refractivity contribution < 1.29 is 14.4 Å². The minimum Gasteiger partial charge on any atom is -0.347 e. The number of likely N-dealkylation sites (tertiary alicyclic amines) is 1. The van der Waals surface area contributed by atoms with Gasteiger partial charge in [0, 0.05) is 30.6 Å². The quantitative estimate of drug-likeness (QED) is 0.770. The first-order valence-corrected chi connectivity index (χ1v) is 7.04. The smallest absolute Gasteiger partial charge is 0.261 e. The molecule has 0 unspecified atom stereocenters. The predicted octanol–water partition coefficient (Wildman–Crippen LogP) is 1.67. The molecule has 1 aromatic rings. The van der Waals surface area contributed by atoms with Gasteiger partial charge in [0.15, 0.2) is 0 Å². The number of benzene rings is 1. The molecule has 3 amide bonds. The predicted molar refractivity (Wildman–Crippen MR) is 77.0 cm³/mol. The molecule has 0 spiro atoms. The van der Waals surface area contributed by atoms with Crippen LogP contribution in [0.2, 0.25) is 0 Å². The molecule has 5 nitrogen and oxygen atoms in total. The highest BCUT2D eigenvalue weighted by atomic mass is 79.9. The van der Waals surface area contributed by atoms with Gasteiger partial charge in [-0.2, -0.15) is 0 Å². The van der Waals surface area contributed by atoms with E-state index in [1.807, 2.05) is 0 Å². The van der Waals surface area contributed by atoms with Crippen LogP contribution in [0.1, 0.15) is 23.2 Å². The fourth-order valence-corrected chi connectivity index (χ4v) is 2.47. The van der Waals surface area contributed by atoms with Crippen molar-refractivity contribution in [2.24, 2.45) is 0 Å². The summed E-state index contributed by atoms with van der Waals surface area (Å²) in [7, 11) is 3.24. The summed E-state index contributed by atoms with van der Waals surface area (Å²) in [6.07, 6.45) is 0.616. The number of likely N-dealkylation sites (N-methyl/N-ethyl adjacent to an activating group) is 1. The van der Waals surface area contributed by atoms with E-state index in [1.165, 1.54) is 4.90 Å². The van der Waals surface area contributed by atoms with E-state index in [0.29, 0.717) is 12.0 Å². The van der Waals surface area contributed by atoms with E-state index in [0.717, 1.165) is 9.37 Å². The lowest BCUT2D eigenvalue weighted by Gasteiger charge is -2.24. The first kappa shape index (κ1) is 14.7. The van der Waals surface area contributed by atoms with E-state index < -0.39 is 11.9 Å². The molecule has 20 heavy (non-hydrogen) atoms. The Morgan fingerprint density at radius 2 is 1.85 bits per heavy atom. The van der Waals surface area contributed by atoms with Gasteiger partial charge in [-0.3, -0.25) is 19.3 Å². The summed E-state index contributed by atoms with van der Waals surface area (Å²) < 4.78 is 0.850. The highest BCUT2D eigenvalue weighted by Crippen LogP contribution is 2.23. The Bertz CT molecular complexity index is 554. The van der Waals surface area contributed by atoms with E-state index in [9.17, 15) is 14.4 Å². The fraction of sp³-hybridized carbons (Fsp3) is 0.357. The zero-order valence-corrected chi connectivity index (χ0v) is 12.9. The van der Waals surface area contributed by atoms with Crippen molar-refractivity contribution in [3.8, 4) is 0 Å². The third kappa shape index (κ3) is 2.75. The zero-order valence-electron chi connectivity index (χ0n) is 11.3. The van der Waals surface area contributed by atoms with Crippen LogP contribution in [0.4, 0.5) is 0 Å². The summed E-state index contributed by atoms with van der Waals surface area (Å²) in [5.74, 6) is -0.931. The van der Waals surface area contributed by atoms with Crippen molar-refractivity contribution >= 4 is 33.7 Å². The van der Waals surface area contributed by atoms with Gasteiger partial charge in [0.05, 0.1) is 0 Å². The van der Waals surface area contributed by atoms with Crippen LogP contribution in [-0.2, 0) is 9.59 Å². The average molecular weight is 339 g/mol. The Balaban J connectivity index is 2.28. The first-order valence-electron chi connectivity index (χ1n) is 6.25. The van der Waals surface area contributed by atoms with Crippen LogP contribution < -0.4 is 0 Å². The normalized spacial score (nSPS) is 18.2. The number of carbonyl (C=O) groups is 3. The molecular formula is C14H15BrN2O3. The summed E-state index contributed by atoms with van der Waals surface area (Å²) >= 11 is 3.29. The number of rotatable bonds is 2. The van der Waals surface area contributed by atoms with Crippen molar-refractivity contribution in [1.29, 1.82) is 0 Å². The third-order valence-corrected chi connectivity index (χ3v) is 3.78. The molecule has 0 aromatic heterocycles. The number of halogens is 1. The summed E-state index contributed by atoms with van der Waals surface area (Å²) in [6.45, 7) is 0. The lowest BCUT2D eigenvalue weighted by molar-refractivity contribution is -0.137. The van der Waals surface area contributed by atoms with Crippen molar-refractivity contribution in [3.05, 3.63) is 34.3 Å². The van der Waals surface area contributed by atoms with Crippen LogP contribution in [0, 0.1) is 0 Å². The van der Waals surface area contributed by atoms with Crippen molar-refractivity contribution in [1.82, 2.24) is 9.80 Å². The third-order valence-electron chi connectivity index (χ3n) is 3.25. The van der Waals surface area contributed by atoms with Gasteiger partial charge in [0.1, 0.15) is 6.04 Å². The molecular weight excluding hydrogens is 324 g/mol. The molecule has 2 rings (SSSR count). The van der Waals surface area contributed by atoms with Gasteiger partial charge >= 0.3 is 0 Å². The molecule has 0 saturated carbocycles. The summed E-state index contributed by atoms with van der Waals surface area (Å²) in [4.78, 5) is 38.9. The van der Waals surface area contributed by atoms with Gasteiger partial charge in [-0.1, -0.05) is 15.9 Å². The highest BCUT2D eigenvalue weighted by Gasteiger charge is 2.41. The molecule has 0 radical (unpaired) electrons. The van der Waals surface area contributed by atoms with Crippen LogP contribution in [0.15, 0.2) is 28.7 Å². The molecule has 1 heterocycles. The number of amides is 3. The van der Waals surface area contributed by atoms with Crippen molar-refractivity contribution in [3.63, 3.8) is 0 Å². The van der Waals surface area contributed by atoms with Crippen molar-refractivity contribution in [2.75, 3.05) is 14.1 Å². The van der Waals surface area contributed by atoms with Gasteiger partial charge in [-0.15, -0.1) is 0 Å². The second-order valence-corrected chi connectivity index (χ2v) is 5.78. The maximum Gasteiger partial charge on any atom is 0.261 e. The molecule has 1 aromatic carbocycles. The van der Waals surface area contributed by atoms with E-state index in [-0.39, 0.29) is 18.2 Å². The van der Waals surface area contributed by atoms with Gasteiger partial charge in [0.25, 0.3) is 5.91 Å². The molecule has 1 saturated heterocycles. The standard InChI is InChI=1S/C14H15BrN2O3/c1-16(2)14(20)11-7-8-12(18)17(11)13(19)9-3-5-10(15)6-4-9/h3-6,11H,7-8H2,1-2H3/t11-/m0/s1. The second-order valence-electron chi connectivity index (χ2n) is 4.86. The fourth-order valence-electron chi connectivity index (χ4n) is 2.20. The molecule has 6 heteroatoms. The van der Waals surface area contributed by atoms with Crippen molar-refractivity contribution in [2.45, 2.75) is 18.9 Å². The minimum atomic E-state index is -0.686.